The second kappa shape index (κ2) is 9.78. The molecule has 6 heteroatoms. The fourth-order valence-corrected chi connectivity index (χ4v) is 3.41. The minimum Gasteiger partial charge on any atom is -0.497 e. The van der Waals surface area contributed by atoms with Crippen LogP contribution < -0.4 is 14.8 Å². The molecule has 1 atom stereocenters. The highest BCUT2D eigenvalue weighted by atomic mass is 16.5. The average molecular weight is 364 g/mol. The Morgan fingerprint density at radius 1 is 1.15 bits per heavy atom. The van der Waals surface area contributed by atoms with E-state index in [0.717, 1.165) is 37.5 Å². The zero-order valence-electron chi connectivity index (χ0n) is 16.7. The van der Waals surface area contributed by atoms with Crippen molar-refractivity contribution < 1.29 is 14.3 Å². The molecule has 0 spiro atoms. The number of likely N-dealkylation sites (N-methyl/N-ethyl adjacent to an activating group) is 1. The third-order valence-corrected chi connectivity index (χ3v) is 5.12. The van der Waals surface area contributed by atoms with Crippen molar-refractivity contribution in [3.8, 4) is 11.5 Å². The number of carbonyl (C=O) groups excluding carboxylic acids is 1. The first-order chi connectivity index (χ1) is 12.4. The number of hydrogen-bond donors (Lipinski definition) is 1. The van der Waals surface area contributed by atoms with Gasteiger partial charge in [0.25, 0.3) is 0 Å². The van der Waals surface area contributed by atoms with Gasteiger partial charge in [0.1, 0.15) is 11.5 Å². The van der Waals surface area contributed by atoms with Crippen molar-refractivity contribution in [3.05, 3.63) is 23.8 Å². The van der Waals surface area contributed by atoms with Crippen molar-refractivity contribution in [2.45, 2.75) is 26.3 Å². The van der Waals surface area contributed by atoms with Gasteiger partial charge in [0, 0.05) is 44.3 Å². The van der Waals surface area contributed by atoms with E-state index in [2.05, 4.69) is 36.0 Å². The summed E-state index contributed by atoms with van der Waals surface area (Å²) in [5.74, 6) is 1.94. The minimum atomic E-state index is 0.0105. The number of hydrogen-bond acceptors (Lipinski definition) is 5. The maximum Gasteiger partial charge on any atom is 0.224 e. The monoisotopic (exact) mass is 363 g/mol. The Morgan fingerprint density at radius 3 is 2.42 bits per heavy atom. The molecule has 1 N–H and O–H groups in total. The maximum atomic E-state index is 12.5. The molecule has 1 amide bonds. The van der Waals surface area contributed by atoms with E-state index in [9.17, 15) is 4.79 Å². The van der Waals surface area contributed by atoms with Crippen LogP contribution >= 0.6 is 0 Å². The van der Waals surface area contributed by atoms with Crippen LogP contribution in [0.5, 0.6) is 11.5 Å². The Balaban J connectivity index is 1.94. The predicted octanol–water partition coefficient (Wildman–Crippen LogP) is 1.63. The molecule has 1 aromatic rings. The third kappa shape index (κ3) is 5.61. The molecule has 1 fully saturated rings. The number of ether oxygens (including phenoxy) is 2. The van der Waals surface area contributed by atoms with Gasteiger partial charge >= 0.3 is 0 Å². The second-order valence-electron chi connectivity index (χ2n) is 7.31. The molecule has 0 saturated carbocycles. The summed E-state index contributed by atoms with van der Waals surface area (Å²) in [6.45, 7) is 9.39. The van der Waals surface area contributed by atoms with Crippen molar-refractivity contribution in [2.75, 3.05) is 54.0 Å². The second-order valence-corrected chi connectivity index (χ2v) is 7.31. The van der Waals surface area contributed by atoms with Gasteiger partial charge in [-0.3, -0.25) is 9.69 Å². The van der Waals surface area contributed by atoms with Crippen LogP contribution in [-0.2, 0) is 11.2 Å². The van der Waals surface area contributed by atoms with Gasteiger partial charge in [-0.2, -0.15) is 0 Å². The molecule has 0 radical (unpaired) electrons. The molecule has 0 aliphatic carbocycles. The van der Waals surface area contributed by atoms with Crippen LogP contribution in [0.3, 0.4) is 0 Å². The van der Waals surface area contributed by atoms with E-state index in [1.54, 1.807) is 14.2 Å². The van der Waals surface area contributed by atoms with Gasteiger partial charge in [-0.15, -0.1) is 0 Å². The number of nitrogens with one attached hydrogen (secondary N) is 1. The maximum absolute atomic E-state index is 12.5. The lowest BCUT2D eigenvalue weighted by molar-refractivity contribution is -0.120. The molecule has 6 nitrogen and oxygen atoms in total. The first kappa shape index (κ1) is 20.5. The lowest BCUT2D eigenvalue weighted by Crippen LogP contribution is -2.54. The van der Waals surface area contributed by atoms with E-state index < -0.39 is 0 Å². The Kier molecular flexibility index (Phi) is 7.72. The van der Waals surface area contributed by atoms with Crippen molar-refractivity contribution in [1.82, 2.24) is 15.1 Å². The molecule has 146 valence electrons. The van der Waals surface area contributed by atoms with Crippen LogP contribution in [0, 0.1) is 5.92 Å². The van der Waals surface area contributed by atoms with Crippen LogP contribution in [0.25, 0.3) is 0 Å². The van der Waals surface area contributed by atoms with Crippen LogP contribution in [0.2, 0.25) is 0 Å². The molecular weight excluding hydrogens is 330 g/mol. The molecule has 0 aromatic heterocycles. The molecule has 1 aliphatic heterocycles. The zero-order chi connectivity index (χ0) is 19.1. The molecule has 26 heavy (non-hydrogen) atoms. The SMILES string of the molecule is COc1ccc(OC)c(CC(=O)NCC(C(C)C)N2CCN(C)CC2)c1. The van der Waals surface area contributed by atoms with Crippen LogP contribution in [-0.4, -0.2) is 75.7 Å². The Morgan fingerprint density at radius 2 is 1.85 bits per heavy atom. The highest BCUT2D eigenvalue weighted by molar-refractivity contribution is 5.79. The highest BCUT2D eigenvalue weighted by Gasteiger charge is 2.25. The summed E-state index contributed by atoms with van der Waals surface area (Å²) in [6.07, 6.45) is 0.286. The molecule has 2 rings (SSSR count). The summed E-state index contributed by atoms with van der Waals surface area (Å²) < 4.78 is 10.6. The number of piperazine rings is 1. The van der Waals surface area contributed by atoms with E-state index in [0.29, 0.717) is 24.3 Å². The van der Waals surface area contributed by atoms with Crippen LogP contribution in [0.4, 0.5) is 0 Å². The fourth-order valence-electron chi connectivity index (χ4n) is 3.41. The van der Waals surface area contributed by atoms with Gasteiger partial charge in [-0.1, -0.05) is 13.8 Å². The van der Waals surface area contributed by atoms with Gasteiger partial charge in [0.05, 0.1) is 20.6 Å². The van der Waals surface area contributed by atoms with Crippen molar-refractivity contribution in [2.24, 2.45) is 5.92 Å². The molecule has 1 unspecified atom stereocenters. The normalized spacial score (nSPS) is 17.2. The van der Waals surface area contributed by atoms with Crippen molar-refractivity contribution >= 4 is 5.91 Å². The van der Waals surface area contributed by atoms with Gasteiger partial charge < -0.3 is 19.7 Å². The van der Waals surface area contributed by atoms with Gasteiger partial charge in [0.15, 0.2) is 0 Å². The first-order valence-electron chi connectivity index (χ1n) is 9.34. The molecular formula is C20H33N3O3. The smallest absolute Gasteiger partial charge is 0.224 e. The Bertz CT molecular complexity index is 584. The van der Waals surface area contributed by atoms with E-state index >= 15 is 0 Å². The Hall–Kier alpha value is -1.79. The van der Waals surface area contributed by atoms with E-state index in [-0.39, 0.29) is 12.3 Å². The van der Waals surface area contributed by atoms with Crippen LogP contribution in [0.15, 0.2) is 18.2 Å². The van der Waals surface area contributed by atoms with Crippen LogP contribution in [0.1, 0.15) is 19.4 Å². The number of nitrogens with zero attached hydrogens (tertiary/aromatic N) is 2. The summed E-state index contributed by atoms with van der Waals surface area (Å²) in [5, 5.41) is 3.12. The molecule has 1 saturated heterocycles. The first-order valence-corrected chi connectivity index (χ1v) is 9.34. The quantitative estimate of drug-likeness (QED) is 0.761. The summed E-state index contributed by atoms with van der Waals surface area (Å²) in [6, 6.07) is 5.89. The fraction of sp³-hybridized carbons (Fsp3) is 0.650. The van der Waals surface area contributed by atoms with E-state index in [1.165, 1.54) is 0 Å². The number of amides is 1. The molecule has 1 aromatic carbocycles. The van der Waals surface area contributed by atoms with E-state index in [4.69, 9.17) is 9.47 Å². The third-order valence-electron chi connectivity index (χ3n) is 5.12. The van der Waals surface area contributed by atoms with Crippen molar-refractivity contribution in [3.63, 3.8) is 0 Å². The molecule has 1 heterocycles. The summed E-state index contributed by atoms with van der Waals surface area (Å²) >= 11 is 0. The number of benzene rings is 1. The number of carbonyl (C=O) groups is 1. The Labute approximate surface area is 157 Å². The number of methoxy groups -OCH3 is 2. The van der Waals surface area contributed by atoms with Gasteiger partial charge in [0.2, 0.25) is 5.91 Å². The summed E-state index contributed by atoms with van der Waals surface area (Å²) in [4.78, 5) is 17.4. The zero-order valence-corrected chi connectivity index (χ0v) is 16.7. The lowest BCUT2D eigenvalue weighted by Gasteiger charge is -2.39. The molecule has 1 aliphatic rings. The average Bonchev–Trinajstić information content (AvgIpc) is 2.63. The standard InChI is InChI=1S/C20H33N3O3/c1-15(2)18(23-10-8-22(3)9-11-23)14-21-20(24)13-16-12-17(25-4)6-7-19(16)26-5/h6-7,12,15,18H,8-11,13-14H2,1-5H3,(H,21,24). The largest absolute Gasteiger partial charge is 0.497 e. The van der Waals surface area contributed by atoms with Crippen molar-refractivity contribution in [1.29, 1.82) is 0 Å². The minimum absolute atomic E-state index is 0.0105. The van der Waals surface area contributed by atoms with Gasteiger partial charge in [-0.05, 0) is 31.2 Å². The summed E-state index contributed by atoms with van der Waals surface area (Å²) in [5.41, 5.74) is 0.838. The highest BCUT2D eigenvalue weighted by Crippen LogP contribution is 2.24. The lowest BCUT2D eigenvalue weighted by atomic mass is 10.0. The summed E-state index contributed by atoms with van der Waals surface area (Å²) in [7, 11) is 5.39. The predicted molar refractivity (Wildman–Crippen MR) is 104 cm³/mol. The van der Waals surface area contributed by atoms with Gasteiger partial charge in [-0.25, -0.2) is 0 Å². The number of rotatable bonds is 8. The molecule has 0 bridgehead atoms. The topological polar surface area (TPSA) is 54.0 Å². The van der Waals surface area contributed by atoms with E-state index in [1.807, 2.05) is 18.2 Å².